The summed E-state index contributed by atoms with van der Waals surface area (Å²) in [7, 11) is 0. The van der Waals surface area contributed by atoms with Crippen LogP contribution in [0.2, 0.25) is 0 Å². The standard InChI is InChI=1S/C27H31N5O2/c1-2-7-25(33)32-17-6-8-22(19-32)30-18-20-15-16-29-27(28)26(20)31-21-11-13-24(14-12-21)34-23-9-4-3-5-10-23/h3-5,9-16,22,25,30-31,33H,6,8,17-19H2,1H3,(H2,28,29)/t22-,25?/m1/s1. The third-order valence-corrected chi connectivity index (χ3v) is 5.82. The number of nitrogens with zero attached hydrogens (tertiary/aromatic N) is 2. The van der Waals surface area contributed by atoms with Crippen LogP contribution in [0.15, 0.2) is 66.9 Å². The number of hydrogen-bond acceptors (Lipinski definition) is 7. The molecule has 2 heterocycles. The highest BCUT2D eigenvalue weighted by Crippen LogP contribution is 2.28. The number of ether oxygens (including phenoxy) is 1. The second-order valence-corrected chi connectivity index (χ2v) is 8.28. The van der Waals surface area contributed by atoms with E-state index in [-0.39, 0.29) is 6.04 Å². The van der Waals surface area contributed by atoms with Gasteiger partial charge in [0.15, 0.2) is 6.23 Å². The average Bonchev–Trinajstić information content (AvgIpc) is 2.86. The van der Waals surface area contributed by atoms with Crippen LogP contribution >= 0.6 is 0 Å². The molecule has 1 aromatic heterocycles. The SMILES string of the molecule is CC#CC(O)N1CCC[C@@H](NCc2ccnc(N)c2Nc2ccc(Oc3ccccc3)cc2)C1. The number of pyridine rings is 1. The van der Waals surface area contributed by atoms with Crippen molar-refractivity contribution in [2.45, 2.75) is 38.6 Å². The second kappa shape index (κ2) is 11.5. The van der Waals surface area contributed by atoms with E-state index in [2.05, 4.69) is 27.5 Å². The first-order chi connectivity index (χ1) is 16.6. The predicted octanol–water partition coefficient (Wildman–Crippen LogP) is 4.10. The van der Waals surface area contributed by atoms with Gasteiger partial charge in [-0.2, -0.15) is 0 Å². The van der Waals surface area contributed by atoms with Crippen LogP contribution in [-0.2, 0) is 6.54 Å². The van der Waals surface area contributed by atoms with Crippen molar-refractivity contribution in [2.75, 3.05) is 24.1 Å². The monoisotopic (exact) mass is 457 g/mol. The Morgan fingerprint density at radius 2 is 1.91 bits per heavy atom. The molecular weight excluding hydrogens is 426 g/mol. The molecule has 1 aliphatic heterocycles. The molecule has 1 aliphatic rings. The molecule has 2 aromatic carbocycles. The highest BCUT2D eigenvalue weighted by atomic mass is 16.5. The number of benzene rings is 2. The summed E-state index contributed by atoms with van der Waals surface area (Å²) in [5, 5.41) is 17.2. The summed E-state index contributed by atoms with van der Waals surface area (Å²) in [5.74, 6) is 7.62. The van der Waals surface area contributed by atoms with Crippen LogP contribution < -0.4 is 21.1 Å². The molecule has 0 radical (unpaired) electrons. The molecule has 3 aromatic rings. The molecule has 7 nitrogen and oxygen atoms in total. The van der Waals surface area contributed by atoms with Gasteiger partial charge in [-0.1, -0.05) is 24.1 Å². The number of likely N-dealkylation sites (tertiary alicyclic amines) is 1. The lowest BCUT2D eigenvalue weighted by molar-refractivity contribution is 0.0249. The van der Waals surface area contributed by atoms with Crippen LogP contribution in [0.5, 0.6) is 11.5 Å². The van der Waals surface area contributed by atoms with Gasteiger partial charge in [0.1, 0.15) is 17.3 Å². The van der Waals surface area contributed by atoms with Crippen molar-refractivity contribution in [3.05, 3.63) is 72.4 Å². The molecule has 1 unspecified atom stereocenters. The van der Waals surface area contributed by atoms with Gasteiger partial charge < -0.3 is 26.2 Å². The Bertz CT molecular complexity index is 1130. The van der Waals surface area contributed by atoms with Crippen molar-refractivity contribution < 1.29 is 9.84 Å². The number of nitrogen functional groups attached to an aromatic ring is 1. The molecule has 2 atom stereocenters. The van der Waals surface area contributed by atoms with Crippen molar-refractivity contribution in [3.8, 4) is 23.3 Å². The Hall–Kier alpha value is -3.57. The molecule has 0 saturated carbocycles. The van der Waals surface area contributed by atoms with Gasteiger partial charge in [-0.05, 0) is 67.8 Å². The first-order valence-electron chi connectivity index (χ1n) is 11.5. The minimum Gasteiger partial charge on any atom is -0.457 e. The second-order valence-electron chi connectivity index (χ2n) is 8.28. The minimum absolute atomic E-state index is 0.263. The fraction of sp³-hybridized carbons (Fsp3) is 0.296. The minimum atomic E-state index is -0.711. The summed E-state index contributed by atoms with van der Waals surface area (Å²) < 4.78 is 5.87. The van der Waals surface area contributed by atoms with E-state index >= 15 is 0 Å². The highest BCUT2D eigenvalue weighted by Gasteiger charge is 2.23. The van der Waals surface area contributed by atoms with Crippen LogP contribution in [0.4, 0.5) is 17.2 Å². The molecule has 0 spiro atoms. The number of aliphatic hydroxyl groups is 1. The van der Waals surface area contributed by atoms with Gasteiger partial charge in [-0.25, -0.2) is 4.98 Å². The molecule has 5 N–H and O–H groups in total. The van der Waals surface area contributed by atoms with Crippen LogP contribution in [-0.4, -0.2) is 40.3 Å². The zero-order valence-corrected chi connectivity index (χ0v) is 19.4. The van der Waals surface area contributed by atoms with Crippen LogP contribution in [0.3, 0.4) is 0 Å². The lowest BCUT2D eigenvalue weighted by atomic mass is 10.0. The third-order valence-electron chi connectivity index (χ3n) is 5.82. The van der Waals surface area contributed by atoms with Crippen LogP contribution in [0, 0.1) is 11.8 Å². The zero-order valence-electron chi connectivity index (χ0n) is 19.4. The Morgan fingerprint density at radius 3 is 2.68 bits per heavy atom. The van der Waals surface area contributed by atoms with Gasteiger partial charge in [0.25, 0.3) is 0 Å². The number of aliphatic hydroxyl groups excluding tert-OH is 1. The molecular formula is C27H31N5O2. The summed E-state index contributed by atoms with van der Waals surface area (Å²) >= 11 is 0. The Labute approximate surface area is 201 Å². The van der Waals surface area contributed by atoms with E-state index in [9.17, 15) is 5.11 Å². The molecule has 0 amide bonds. The molecule has 34 heavy (non-hydrogen) atoms. The van der Waals surface area contributed by atoms with E-state index < -0.39 is 6.23 Å². The van der Waals surface area contributed by atoms with Crippen molar-refractivity contribution in [1.29, 1.82) is 0 Å². The largest absolute Gasteiger partial charge is 0.457 e. The van der Waals surface area contributed by atoms with E-state index in [1.807, 2.05) is 65.6 Å². The number of para-hydroxylation sites is 1. The Balaban J connectivity index is 1.39. The normalized spacial score (nSPS) is 16.8. The topological polar surface area (TPSA) is 95.7 Å². The van der Waals surface area contributed by atoms with E-state index in [4.69, 9.17) is 10.5 Å². The molecule has 0 bridgehead atoms. The summed E-state index contributed by atoms with van der Waals surface area (Å²) in [6.45, 7) is 3.99. The van der Waals surface area contributed by atoms with Gasteiger partial charge in [-0.15, -0.1) is 5.92 Å². The number of nitrogens with one attached hydrogen (secondary N) is 2. The van der Waals surface area contributed by atoms with Gasteiger partial charge in [-0.3, -0.25) is 4.90 Å². The van der Waals surface area contributed by atoms with Gasteiger partial charge in [0, 0.05) is 37.6 Å². The van der Waals surface area contributed by atoms with Crippen LogP contribution in [0.1, 0.15) is 25.3 Å². The fourth-order valence-corrected chi connectivity index (χ4v) is 4.06. The van der Waals surface area contributed by atoms with Gasteiger partial charge in [0.05, 0.1) is 5.69 Å². The van der Waals surface area contributed by atoms with Crippen molar-refractivity contribution in [2.24, 2.45) is 0 Å². The highest BCUT2D eigenvalue weighted by molar-refractivity contribution is 5.73. The maximum atomic E-state index is 10.2. The smallest absolute Gasteiger partial charge is 0.170 e. The van der Waals surface area contributed by atoms with Gasteiger partial charge in [0.2, 0.25) is 0 Å². The van der Waals surface area contributed by atoms with Crippen LogP contribution in [0.25, 0.3) is 0 Å². The number of aromatic nitrogens is 1. The Morgan fingerprint density at radius 1 is 1.15 bits per heavy atom. The summed E-state index contributed by atoms with van der Waals surface area (Å²) in [6, 6.07) is 19.7. The number of hydrogen-bond donors (Lipinski definition) is 4. The summed E-state index contributed by atoms with van der Waals surface area (Å²) in [4.78, 5) is 6.28. The zero-order chi connectivity index (χ0) is 23.8. The van der Waals surface area contributed by atoms with Crippen molar-refractivity contribution in [3.63, 3.8) is 0 Å². The number of anilines is 3. The molecule has 1 fully saturated rings. The lowest BCUT2D eigenvalue weighted by Gasteiger charge is -2.34. The summed E-state index contributed by atoms with van der Waals surface area (Å²) in [5.41, 5.74) is 8.94. The number of piperidine rings is 1. The maximum Gasteiger partial charge on any atom is 0.170 e. The molecule has 1 saturated heterocycles. The lowest BCUT2D eigenvalue weighted by Crippen LogP contribution is -2.49. The van der Waals surface area contributed by atoms with E-state index in [0.717, 1.165) is 54.4 Å². The molecule has 0 aliphatic carbocycles. The first-order valence-corrected chi connectivity index (χ1v) is 11.5. The molecule has 7 heteroatoms. The van der Waals surface area contributed by atoms with E-state index in [1.54, 1.807) is 13.1 Å². The van der Waals surface area contributed by atoms with E-state index in [0.29, 0.717) is 12.4 Å². The number of nitrogens with two attached hydrogens (primary N) is 1. The third kappa shape index (κ3) is 6.27. The molecule has 4 rings (SSSR count). The number of rotatable bonds is 8. The fourth-order valence-electron chi connectivity index (χ4n) is 4.06. The quantitative estimate of drug-likeness (QED) is 0.378. The Kier molecular flexibility index (Phi) is 7.99. The molecule has 176 valence electrons. The summed E-state index contributed by atoms with van der Waals surface area (Å²) in [6.07, 6.45) is 3.08. The maximum absolute atomic E-state index is 10.2. The average molecular weight is 458 g/mol. The van der Waals surface area contributed by atoms with Gasteiger partial charge >= 0.3 is 0 Å². The predicted molar refractivity (Wildman–Crippen MR) is 136 cm³/mol. The first kappa shape index (κ1) is 23.6. The van der Waals surface area contributed by atoms with Crippen molar-refractivity contribution >= 4 is 17.2 Å². The van der Waals surface area contributed by atoms with E-state index in [1.165, 1.54) is 0 Å². The van der Waals surface area contributed by atoms with Crippen molar-refractivity contribution in [1.82, 2.24) is 15.2 Å².